The molecule has 1 atom stereocenters. The third kappa shape index (κ3) is 2.53. The van der Waals surface area contributed by atoms with Crippen molar-refractivity contribution >= 4 is 5.78 Å². The molecular formula is C13H22O3. The second-order valence-corrected chi connectivity index (χ2v) is 4.94. The predicted molar refractivity (Wildman–Crippen MR) is 63.1 cm³/mol. The Morgan fingerprint density at radius 3 is 2.56 bits per heavy atom. The van der Waals surface area contributed by atoms with Gasteiger partial charge in [0.15, 0.2) is 11.4 Å². The maximum absolute atomic E-state index is 12.1. The largest absolute Gasteiger partial charge is 0.296 e. The Bertz CT molecular complexity index is 270. The van der Waals surface area contributed by atoms with E-state index in [1.807, 2.05) is 13.8 Å². The van der Waals surface area contributed by atoms with Crippen LogP contribution in [0.4, 0.5) is 0 Å². The van der Waals surface area contributed by atoms with Gasteiger partial charge in [0.2, 0.25) is 0 Å². The van der Waals surface area contributed by atoms with Crippen molar-refractivity contribution in [2.24, 2.45) is 5.92 Å². The minimum atomic E-state index is -1.14. The first-order chi connectivity index (χ1) is 7.54. The number of carbonyl (C=O) groups is 1. The van der Waals surface area contributed by atoms with Gasteiger partial charge in [0.1, 0.15) is 0 Å². The quantitative estimate of drug-likeness (QED) is 0.456. The monoisotopic (exact) mass is 226 g/mol. The third-order valence-electron chi connectivity index (χ3n) is 3.50. The van der Waals surface area contributed by atoms with Crippen LogP contribution < -0.4 is 0 Å². The van der Waals surface area contributed by atoms with Gasteiger partial charge in [0.05, 0.1) is 0 Å². The van der Waals surface area contributed by atoms with E-state index in [0.29, 0.717) is 18.4 Å². The molecule has 0 saturated heterocycles. The molecule has 0 aliphatic heterocycles. The SMILES string of the molecule is C=C(C(C)C)[C@@]1(OO)CCCCCCC1=O. The van der Waals surface area contributed by atoms with Crippen LogP contribution in [0.25, 0.3) is 0 Å². The molecule has 16 heavy (non-hydrogen) atoms. The van der Waals surface area contributed by atoms with Crippen molar-refractivity contribution in [3.63, 3.8) is 0 Å². The van der Waals surface area contributed by atoms with E-state index in [1.165, 1.54) is 0 Å². The molecule has 1 rings (SSSR count). The number of rotatable bonds is 3. The van der Waals surface area contributed by atoms with Crippen LogP contribution in [0, 0.1) is 5.92 Å². The minimum Gasteiger partial charge on any atom is -0.296 e. The van der Waals surface area contributed by atoms with Crippen LogP contribution in [0.1, 0.15) is 52.4 Å². The Morgan fingerprint density at radius 2 is 2.00 bits per heavy atom. The van der Waals surface area contributed by atoms with Crippen LogP contribution in [-0.4, -0.2) is 16.6 Å². The van der Waals surface area contributed by atoms with Crippen LogP contribution in [0.2, 0.25) is 0 Å². The molecule has 1 fully saturated rings. The van der Waals surface area contributed by atoms with Crippen molar-refractivity contribution in [3.05, 3.63) is 12.2 Å². The van der Waals surface area contributed by atoms with Crippen LogP contribution in [0.3, 0.4) is 0 Å². The highest BCUT2D eigenvalue weighted by atomic mass is 17.1. The van der Waals surface area contributed by atoms with E-state index in [-0.39, 0.29) is 11.7 Å². The number of ketones is 1. The smallest absolute Gasteiger partial charge is 0.182 e. The average Bonchev–Trinajstić information content (AvgIpc) is 2.24. The molecule has 0 spiro atoms. The lowest BCUT2D eigenvalue weighted by molar-refractivity contribution is -0.303. The van der Waals surface area contributed by atoms with Gasteiger partial charge in [-0.3, -0.25) is 10.1 Å². The Morgan fingerprint density at radius 1 is 1.38 bits per heavy atom. The first-order valence-corrected chi connectivity index (χ1v) is 6.09. The molecule has 1 aliphatic rings. The maximum Gasteiger partial charge on any atom is 0.182 e. The lowest BCUT2D eigenvalue weighted by atomic mass is 9.77. The molecule has 0 aromatic carbocycles. The Balaban J connectivity index is 2.95. The van der Waals surface area contributed by atoms with Crippen LogP contribution in [0.15, 0.2) is 12.2 Å². The molecule has 1 N–H and O–H groups in total. The molecule has 1 saturated carbocycles. The van der Waals surface area contributed by atoms with Gasteiger partial charge in [-0.05, 0) is 30.8 Å². The Labute approximate surface area is 97.4 Å². The van der Waals surface area contributed by atoms with Gasteiger partial charge in [0.25, 0.3) is 0 Å². The van der Waals surface area contributed by atoms with Crippen LogP contribution in [-0.2, 0) is 9.68 Å². The number of hydrogen-bond donors (Lipinski definition) is 1. The van der Waals surface area contributed by atoms with E-state index in [1.54, 1.807) is 0 Å². The molecule has 0 bridgehead atoms. The van der Waals surface area contributed by atoms with Gasteiger partial charge in [-0.2, -0.15) is 0 Å². The summed E-state index contributed by atoms with van der Waals surface area (Å²) in [5.41, 5.74) is -0.448. The summed E-state index contributed by atoms with van der Waals surface area (Å²) in [6.45, 7) is 7.87. The average molecular weight is 226 g/mol. The summed E-state index contributed by atoms with van der Waals surface area (Å²) in [6.07, 6.45) is 4.99. The van der Waals surface area contributed by atoms with Gasteiger partial charge in [-0.1, -0.05) is 33.3 Å². The molecule has 3 nitrogen and oxygen atoms in total. The summed E-state index contributed by atoms with van der Waals surface area (Å²) >= 11 is 0. The summed E-state index contributed by atoms with van der Waals surface area (Å²) in [5, 5.41) is 9.17. The number of carbonyl (C=O) groups excluding carboxylic acids is 1. The standard InChI is InChI=1S/C13H22O3/c1-10(2)11(3)13(16-15)9-7-5-4-6-8-12(13)14/h10,15H,3-9H2,1-2H3/t13-/m0/s1. The van der Waals surface area contributed by atoms with E-state index in [9.17, 15) is 4.79 Å². The predicted octanol–water partition coefficient (Wildman–Crippen LogP) is 3.35. The molecule has 3 heteroatoms. The summed E-state index contributed by atoms with van der Waals surface area (Å²) < 4.78 is 0. The first kappa shape index (κ1) is 13.4. The third-order valence-corrected chi connectivity index (χ3v) is 3.50. The topological polar surface area (TPSA) is 46.5 Å². The number of Topliss-reactive ketones (excluding diaryl/α,β-unsaturated/α-hetero) is 1. The molecular weight excluding hydrogens is 204 g/mol. The van der Waals surface area contributed by atoms with Gasteiger partial charge in [0, 0.05) is 6.42 Å². The fourth-order valence-electron chi connectivity index (χ4n) is 2.32. The maximum atomic E-state index is 12.1. The van der Waals surface area contributed by atoms with E-state index in [4.69, 9.17) is 5.26 Å². The Kier molecular flexibility index (Phi) is 4.69. The highest BCUT2D eigenvalue weighted by Gasteiger charge is 2.43. The highest BCUT2D eigenvalue weighted by Crippen LogP contribution is 2.35. The summed E-state index contributed by atoms with van der Waals surface area (Å²) in [4.78, 5) is 16.7. The molecule has 1 aliphatic carbocycles. The van der Waals surface area contributed by atoms with E-state index < -0.39 is 5.60 Å². The summed E-state index contributed by atoms with van der Waals surface area (Å²) in [5.74, 6) is 0.115. The molecule has 0 aromatic heterocycles. The lowest BCUT2D eigenvalue weighted by Gasteiger charge is -2.34. The fourth-order valence-corrected chi connectivity index (χ4v) is 2.32. The number of hydrogen-bond acceptors (Lipinski definition) is 3. The Hall–Kier alpha value is -0.670. The zero-order chi connectivity index (χ0) is 12.2. The molecule has 0 amide bonds. The van der Waals surface area contributed by atoms with E-state index in [2.05, 4.69) is 11.5 Å². The van der Waals surface area contributed by atoms with Crippen molar-refractivity contribution in [2.45, 2.75) is 58.0 Å². The van der Waals surface area contributed by atoms with Crippen molar-refractivity contribution < 1.29 is 14.9 Å². The van der Waals surface area contributed by atoms with Gasteiger partial charge in [-0.25, -0.2) is 4.89 Å². The van der Waals surface area contributed by atoms with Crippen LogP contribution >= 0.6 is 0 Å². The normalized spacial score (nSPS) is 27.6. The van der Waals surface area contributed by atoms with E-state index in [0.717, 1.165) is 25.7 Å². The van der Waals surface area contributed by atoms with Crippen LogP contribution in [0.5, 0.6) is 0 Å². The van der Waals surface area contributed by atoms with Crippen molar-refractivity contribution in [3.8, 4) is 0 Å². The molecule has 0 aromatic rings. The molecule has 92 valence electrons. The zero-order valence-electron chi connectivity index (χ0n) is 10.3. The van der Waals surface area contributed by atoms with Crippen molar-refractivity contribution in [1.82, 2.24) is 0 Å². The van der Waals surface area contributed by atoms with Gasteiger partial charge in [-0.15, -0.1) is 0 Å². The summed E-state index contributed by atoms with van der Waals surface area (Å²) in [6, 6.07) is 0. The molecule has 0 heterocycles. The fraction of sp³-hybridized carbons (Fsp3) is 0.769. The molecule has 0 unspecified atom stereocenters. The van der Waals surface area contributed by atoms with Crippen molar-refractivity contribution in [2.75, 3.05) is 0 Å². The minimum absolute atomic E-state index is 0.0200. The summed E-state index contributed by atoms with van der Waals surface area (Å²) in [7, 11) is 0. The first-order valence-electron chi connectivity index (χ1n) is 6.09. The van der Waals surface area contributed by atoms with Gasteiger partial charge < -0.3 is 0 Å². The van der Waals surface area contributed by atoms with Crippen molar-refractivity contribution in [1.29, 1.82) is 0 Å². The van der Waals surface area contributed by atoms with E-state index >= 15 is 0 Å². The highest BCUT2D eigenvalue weighted by molar-refractivity contribution is 5.90. The lowest BCUT2D eigenvalue weighted by Crippen LogP contribution is -2.44. The second kappa shape index (κ2) is 5.60. The second-order valence-electron chi connectivity index (χ2n) is 4.94. The zero-order valence-corrected chi connectivity index (χ0v) is 10.3. The molecule has 0 radical (unpaired) electrons. The van der Waals surface area contributed by atoms with Gasteiger partial charge >= 0.3 is 0 Å².